The standard InChI is InChI=1S/C14H18F6O3S/c1-10(2)8-4-5-12(10,9(21)6-8)7-24(22,23)14(19,20)13(17,18)11(3,15)16/h8H,4-7H2,1-3H3. The first-order chi connectivity index (χ1) is 10.4. The van der Waals surface area contributed by atoms with Crippen molar-refractivity contribution >= 4 is 15.6 Å². The van der Waals surface area contributed by atoms with Gasteiger partial charge in [-0.25, -0.2) is 8.42 Å². The Bertz CT molecular complexity index is 664. The normalized spacial score (nSPS) is 30.9. The number of hydrogen-bond donors (Lipinski definition) is 0. The molecule has 0 saturated heterocycles. The van der Waals surface area contributed by atoms with Crippen molar-refractivity contribution in [2.75, 3.05) is 5.75 Å². The lowest BCUT2D eigenvalue weighted by atomic mass is 9.70. The number of carbonyl (C=O) groups is 1. The van der Waals surface area contributed by atoms with E-state index >= 15 is 0 Å². The summed E-state index contributed by atoms with van der Waals surface area (Å²) in [7, 11) is -6.02. The molecule has 2 unspecified atom stereocenters. The van der Waals surface area contributed by atoms with E-state index in [0.717, 1.165) is 0 Å². The van der Waals surface area contributed by atoms with E-state index in [2.05, 4.69) is 0 Å². The van der Waals surface area contributed by atoms with Crippen LogP contribution in [0.2, 0.25) is 0 Å². The third kappa shape index (κ3) is 2.17. The lowest BCUT2D eigenvalue weighted by Crippen LogP contribution is -2.59. The predicted octanol–water partition coefficient (Wildman–Crippen LogP) is 3.68. The van der Waals surface area contributed by atoms with Gasteiger partial charge in [0.2, 0.25) is 9.84 Å². The summed E-state index contributed by atoms with van der Waals surface area (Å²) in [4.78, 5) is 12.2. The third-order valence-electron chi connectivity index (χ3n) is 5.88. The summed E-state index contributed by atoms with van der Waals surface area (Å²) in [6.07, 6.45) is 0.349. The van der Waals surface area contributed by atoms with Crippen LogP contribution in [0.25, 0.3) is 0 Å². The van der Waals surface area contributed by atoms with Gasteiger partial charge in [0.1, 0.15) is 5.78 Å². The van der Waals surface area contributed by atoms with Gasteiger partial charge in [-0.3, -0.25) is 4.79 Å². The molecule has 24 heavy (non-hydrogen) atoms. The van der Waals surface area contributed by atoms with Gasteiger partial charge in [0, 0.05) is 18.8 Å². The van der Waals surface area contributed by atoms with Crippen molar-refractivity contribution in [1.82, 2.24) is 0 Å². The summed E-state index contributed by atoms with van der Waals surface area (Å²) >= 11 is 0. The lowest BCUT2D eigenvalue weighted by molar-refractivity contribution is -0.271. The Kier molecular flexibility index (Phi) is 3.97. The molecule has 2 rings (SSSR count). The average Bonchev–Trinajstić information content (AvgIpc) is 2.70. The van der Waals surface area contributed by atoms with Crippen molar-refractivity contribution < 1.29 is 39.6 Å². The molecule has 0 aliphatic heterocycles. The SMILES string of the molecule is CC(F)(F)C(F)(F)C(F)(F)S(=O)(=O)CC12CCC(CC1=O)C2(C)C. The average molecular weight is 380 g/mol. The van der Waals surface area contributed by atoms with Crippen molar-refractivity contribution in [2.45, 2.75) is 57.1 Å². The number of rotatable bonds is 5. The Morgan fingerprint density at radius 1 is 1.12 bits per heavy atom. The first-order valence-corrected chi connectivity index (χ1v) is 8.98. The Morgan fingerprint density at radius 2 is 1.62 bits per heavy atom. The smallest absolute Gasteiger partial charge is 0.299 e. The zero-order valence-electron chi connectivity index (χ0n) is 13.3. The topological polar surface area (TPSA) is 51.2 Å². The first-order valence-electron chi connectivity index (χ1n) is 7.33. The van der Waals surface area contributed by atoms with Crippen LogP contribution in [-0.2, 0) is 14.6 Å². The fourth-order valence-electron chi connectivity index (χ4n) is 3.97. The summed E-state index contributed by atoms with van der Waals surface area (Å²) in [5.41, 5.74) is -2.71. The van der Waals surface area contributed by atoms with Crippen LogP contribution in [0.4, 0.5) is 26.3 Å². The van der Waals surface area contributed by atoms with E-state index in [-0.39, 0.29) is 18.8 Å². The molecule has 2 aliphatic carbocycles. The van der Waals surface area contributed by atoms with E-state index in [9.17, 15) is 39.6 Å². The van der Waals surface area contributed by atoms with Gasteiger partial charge in [0.05, 0.1) is 5.75 Å². The van der Waals surface area contributed by atoms with Crippen LogP contribution in [0.5, 0.6) is 0 Å². The zero-order chi connectivity index (χ0) is 19.0. The quantitative estimate of drug-likeness (QED) is 0.684. The van der Waals surface area contributed by atoms with Gasteiger partial charge in [0.25, 0.3) is 0 Å². The number of carbonyl (C=O) groups excluding carboxylic acids is 1. The number of fused-ring (bicyclic) bond motifs is 2. The van der Waals surface area contributed by atoms with Crippen LogP contribution in [0, 0.1) is 16.7 Å². The minimum atomic E-state index is -6.08. The molecule has 0 aromatic rings. The maximum absolute atomic E-state index is 13.9. The fourth-order valence-corrected chi connectivity index (χ4v) is 6.05. The monoisotopic (exact) mass is 380 g/mol. The molecule has 0 aromatic carbocycles. The van der Waals surface area contributed by atoms with Gasteiger partial charge in [-0.2, -0.15) is 26.3 Å². The minimum absolute atomic E-state index is 0.0194. The van der Waals surface area contributed by atoms with Gasteiger partial charge < -0.3 is 0 Å². The van der Waals surface area contributed by atoms with Gasteiger partial charge in [0.15, 0.2) is 0 Å². The summed E-state index contributed by atoms with van der Waals surface area (Å²) in [5.74, 6) is -13.7. The van der Waals surface area contributed by atoms with Gasteiger partial charge in [-0.1, -0.05) is 13.8 Å². The van der Waals surface area contributed by atoms with Gasteiger partial charge in [-0.05, 0) is 24.2 Å². The predicted molar refractivity (Wildman–Crippen MR) is 72.9 cm³/mol. The van der Waals surface area contributed by atoms with E-state index in [4.69, 9.17) is 0 Å². The minimum Gasteiger partial charge on any atom is -0.299 e. The van der Waals surface area contributed by atoms with Crippen molar-refractivity contribution in [3.05, 3.63) is 0 Å². The van der Waals surface area contributed by atoms with Crippen LogP contribution in [0.1, 0.15) is 40.0 Å². The van der Waals surface area contributed by atoms with Crippen LogP contribution >= 0.6 is 0 Å². The molecular weight excluding hydrogens is 362 g/mol. The van der Waals surface area contributed by atoms with E-state index in [1.54, 1.807) is 0 Å². The van der Waals surface area contributed by atoms with Crippen molar-refractivity contribution in [2.24, 2.45) is 16.7 Å². The molecule has 0 N–H and O–H groups in total. The maximum atomic E-state index is 13.9. The van der Waals surface area contributed by atoms with Gasteiger partial charge >= 0.3 is 17.1 Å². The number of ketones is 1. The number of halogens is 6. The molecule has 10 heteroatoms. The molecule has 2 fully saturated rings. The largest absolute Gasteiger partial charge is 0.413 e. The molecule has 2 saturated carbocycles. The molecule has 0 heterocycles. The third-order valence-corrected chi connectivity index (χ3v) is 7.79. The molecule has 0 spiro atoms. The Hall–Kier alpha value is -0.800. The molecule has 2 aliphatic rings. The van der Waals surface area contributed by atoms with Crippen LogP contribution < -0.4 is 0 Å². The molecule has 2 bridgehead atoms. The second kappa shape index (κ2) is 4.88. The maximum Gasteiger partial charge on any atom is 0.413 e. The molecule has 140 valence electrons. The highest BCUT2D eigenvalue weighted by Crippen LogP contribution is 2.65. The summed E-state index contributed by atoms with van der Waals surface area (Å²) in [5, 5.41) is -5.98. The molecule has 0 aromatic heterocycles. The highest BCUT2D eigenvalue weighted by atomic mass is 32.2. The fraction of sp³-hybridized carbons (Fsp3) is 0.929. The Balaban J connectivity index is 2.47. The zero-order valence-corrected chi connectivity index (χ0v) is 14.1. The summed E-state index contributed by atoms with van der Waals surface area (Å²) < 4.78 is 104. The van der Waals surface area contributed by atoms with Crippen molar-refractivity contribution in [3.8, 4) is 0 Å². The van der Waals surface area contributed by atoms with E-state index in [1.165, 1.54) is 13.8 Å². The Labute approximate surface area is 135 Å². The highest BCUT2D eigenvalue weighted by molar-refractivity contribution is 7.92. The molecule has 3 nitrogen and oxygen atoms in total. The number of alkyl halides is 6. The summed E-state index contributed by atoms with van der Waals surface area (Å²) in [6, 6.07) is 0. The van der Waals surface area contributed by atoms with Crippen LogP contribution in [-0.4, -0.2) is 37.1 Å². The number of Topliss-reactive ketones (excluding diaryl/α,β-unsaturated/α-hetero) is 1. The molecule has 0 amide bonds. The van der Waals surface area contributed by atoms with Crippen LogP contribution in [0.15, 0.2) is 0 Å². The van der Waals surface area contributed by atoms with Crippen molar-refractivity contribution in [1.29, 1.82) is 0 Å². The molecule has 0 radical (unpaired) electrons. The van der Waals surface area contributed by atoms with E-state index < -0.39 is 56.2 Å². The lowest BCUT2D eigenvalue weighted by Gasteiger charge is -2.38. The molecule has 2 atom stereocenters. The highest BCUT2D eigenvalue weighted by Gasteiger charge is 2.77. The first kappa shape index (κ1) is 19.5. The van der Waals surface area contributed by atoms with Crippen LogP contribution in [0.3, 0.4) is 0 Å². The number of hydrogen-bond acceptors (Lipinski definition) is 3. The summed E-state index contributed by atoms with van der Waals surface area (Å²) in [6.45, 7) is 2.58. The Morgan fingerprint density at radius 3 is 1.96 bits per heavy atom. The van der Waals surface area contributed by atoms with E-state index in [0.29, 0.717) is 6.42 Å². The second-order valence-electron chi connectivity index (χ2n) is 7.41. The van der Waals surface area contributed by atoms with E-state index in [1.807, 2.05) is 0 Å². The molecular formula is C14H18F6O3S. The second-order valence-corrected chi connectivity index (χ2v) is 9.44. The van der Waals surface area contributed by atoms with Gasteiger partial charge in [-0.15, -0.1) is 0 Å². The van der Waals surface area contributed by atoms with Crippen molar-refractivity contribution in [3.63, 3.8) is 0 Å². The number of sulfone groups is 1.